The van der Waals surface area contributed by atoms with Crippen LogP contribution in [0.4, 0.5) is 0 Å². The molecule has 0 unspecified atom stereocenters. The Morgan fingerprint density at radius 1 is 1.59 bits per heavy atom. The SMILES string of the molecule is Cc1[nH]ncc1CCCNC(=O)c1cscn1. The smallest absolute Gasteiger partial charge is 0.270 e. The first-order chi connectivity index (χ1) is 8.27. The Morgan fingerprint density at radius 3 is 3.12 bits per heavy atom. The van der Waals surface area contributed by atoms with Gasteiger partial charge in [-0.3, -0.25) is 9.89 Å². The Labute approximate surface area is 103 Å². The summed E-state index contributed by atoms with van der Waals surface area (Å²) in [4.78, 5) is 15.5. The number of rotatable bonds is 5. The second-order valence-electron chi connectivity index (χ2n) is 3.75. The number of aromatic amines is 1. The summed E-state index contributed by atoms with van der Waals surface area (Å²) in [6, 6.07) is 0. The maximum absolute atomic E-state index is 11.5. The van der Waals surface area contributed by atoms with Gasteiger partial charge in [0.2, 0.25) is 0 Å². The molecular weight excluding hydrogens is 236 g/mol. The van der Waals surface area contributed by atoms with Crippen molar-refractivity contribution in [3.63, 3.8) is 0 Å². The summed E-state index contributed by atoms with van der Waals surface area (Å²) in [6.45, 7) is 2.65. The summed E-state index contributed by atoms with van der Waals surface area (Å²) in [5, 5.41) is 11.4. The van der Waals surface area contributed by atoms with Crippen LogP contribution in [-0.2, 0) is 6.42 Å². The van der Waals surface area contributed by atoms with E-state index >= 15 is 0 Å². The average Bonchev–Trinajstić information content (AvgIpc) is 2.96. The topological polar surface area (TPSA) is 70.7 Å². The summed E-state index contributed by atoms with van der Waals surface area (Å²) in [5.41, 5.74) is 4.45. The van der Waals surface area contributed by atoms with Crippen LogP contribution in [0, 0.1) is 6.92 Å². The lowest BCUT2D eigenvalue weighted by Crippen LogP contribution is -2.25. The van der Waals surface area contributed by atoms with Crippen LogP contribution >= 0.6 is 11.3 Å². The van der Waals surface area contributed by atoms with Gasteiger partial charge < -0.3 is 5.32 Å². The van der Waals surface area contributed by atoms with Gasteiger partial charge >= 0.3 is 0 Å². The lowest BCUT2D eigenvalue weighted by Gasteiger charge is -2.02. The molecule has 5 nitrogen and oxygen atoms in total. The molecule has 2 rings (SSSR count). The van der Waals surface area contributed by atoms with Gasteiger partial charge in [-0.05, 0) is 25.3 Å². The second kappa shape index (κ2) is 5.58. The van der Waals surface area contributed by atoms with Crippen molar-refractivity contribution in [2.75, 3.05) is 6.54 Å². The van der Waals surface area contributed by atoms with Crippen molar-refractivity contribution in [1.29, 1.82) is 0 Å². The lowest BCUT2D eigenvalue weighted by atomic mass is 10.1. The van der Waals surface area contributed by atoms with E-state index in [4.69, 9.17) is 0 Å². The van der Waals surface area contributed by atoms with E-state index in [0.29, 0.717) is 12.2 Å². The normalized spacial score (nSPS) is 10.4. The molecule has 90 valence electrons. The monoisotopic (exact) mass is 250 g/mol. The van der Waals surface area contributed by atoms with E-state index in [9.17, 15) is 4.79 Å². The van der Waals surface area contributed by atoms with Crippen LogP contribution in [0.1, 0.15) is 28.2 Å². The lowest BCUT2D eigenvalue weighted by molar-refractivity contribution is 0.0949. The van der Waals surface area contributed by atoms with Crippen molar-refractivity contribution in [2.45, 2.75) is 19.8 Å². The molecule has 2 aromatic rings. The quantitative estimate of drug-likeness (QED) is 0.791. The maximum atomic E-state index is 11.5. The van der Waals surface area contributed by atoms with E-state index in [-0.39, 0.29) is 5.91 Å². The number of H-pyrrole nitrogens is 1. The molecule has 0 radical (unpaired) electrons. The van der Waals surface area contributed by atoms with Gasteiger partial charge in [0.1, 0.15) is 5.69 Å². The summed E-state index contributed by atoms with van der Waals surface area (Å²) in [6.07, 6.45) is 3.65. The van der Waals surface area contributed by atoms with Gasteiger partial charge in [0.15, 0.2) is 0 Å². The van der Waals surface area contributed by atoms with Gasteiger partial charge in [-0.25, -0.2) is 4.98 Å². The fourth-order valence-corrected chi connectivity index (χ4v) is 2.06. The van der Waals surface area contributed by atoms with Gasteiger partial charge in [-0.2, -0.15) is 5.10 Å². The maximum Gasteiger partial charge on any atom is 0.270 e. The van der Waals surface area contributed by atoms with Crippen LogP contribution in [0.25, 0.3) is 0 Å². The van der Waals surface area contributed by atoms with Gasteiger partial charge in [0, 0.05) is 17.6 Å². The van der Waals surface area contributed by atoms with Gasteiger partial charge in [-0.15, -0.1) is 11.3 Å². The van der Waals surface area contributed by atoms with Crippen molar-refractivity contribution in [1.82, 2.24) is 20.5 Å². The first-order valence-corrected chi connectivity index (χ1v) is 6.37. The molecule has 6 heteroatoms. The second-order valence-corrected chi connectivity index (χ2v) is 4.47. The van der Waals surface area contributed by atoms with Crippen molar-refractivity contribution < 1.29 is 4.79 Å². The third-order valence-corrected chi connectivity index (χ3v) is 3.09. The Morgan fingerprint density at radius 2 is 2.47 bits per heavy atom. The predicted octanol–water partition coefficient (Wildman–Crippen LogP) is 1.54. The molecule has 0 bridgehead atoms. The summed E-state index contributed by atoms with van der Waals surface area (Å²) >= 11 is 1.42. The zero-order chi connectivity index (χ0) is 12.1. The molecule has 17 heavy (non-hydrogen) atoms. The standard InChI is InChI=1S/C11H14N4OS/c1-8-9(5-14-15-8)3-2-4-12-11(16)10-6-17-7-13-10/h5-7H,2-4H2,1H3,(H,12,16)(H,14,15). The minimum absolute atomic E-state index is 0.102. The highest BCUT2D eigenvalue weighted by atomic mass is 32.1. The first kappa shape index (κ1) is 11.8. The fourth-order valence-electron chi connectivity index (χ4n) is 1.52. The highest BCUT2D eigenvalue weighted by molar-refractivity contribution is 7.07. The van der Waals surface area contributed by atoms with Crippen molar-refractivity contribution in [3.05, 3.63) is 34.0 Å². The third kappa shape index (κ3) is 3.13. The van der Waals surface area contributed by atoms with Crippen LogP contribution in [0.5, 0.6) is 0 Å². The molecule has 0 aliphatic rings. The summed E-state index contributed by atoms with van der Waals surface area (Å²) in [7, 11) is 0. The molecule has 0 saturated heterocycles. The average molecular weight is 250 g/mol. The highest BCUT2D eigenvalue weighted by Gasteiger charge is 2.06. The first-order valence-electron chi connectivity index (χ1n) is 5.42. The molecular formula is C11H14N4OS. The molecule has 0 saturated carbocycles. The van der Waals surface area contributed by atoms with E-state index in [1.807, 2.05) is 13.1 Å². The molecule has 2 heterocycles. The Hall–Kier alpha value is -1.69. The fraction of sp³-hybridized carbons (Fsp3) is 0.364. The molecule has 0 aliphatic heterocycles. The van der Waals surface area contributed by atoms with Crippen molar-refractivity contribution in [3.8, 4) is 0 Å². The number of hydrogen-bond acceptors (Lipinski definition) is 4. The number of carbonyl (C=O) groups is 1. The minimum Gasteiger partial charge on any atom is -0.351 e. The van der Waals surface area contributed by atoms with E-state index in [0.717, 1.165) is 18.5 Å². The zero-order valence-corrected chi connectivity index (χ0v) is 10.4. The predicted molar refractivity (Wildman–Crippen MR) is 66.1 cm³/mol. The number of hydrogen-bond donors (Lipinski definition) is 2. The van der Waals surface area contributed by atoms with Crippen molar-refractivity contribution >= 4 is 17.2 Å². The van der Waals surface area contributed by atoms with Gasteiger partial charge in [0.05, 0.1) is 11.7 Å². The number of amides is 1. The van der Waals surface area contributed by atoms with Crippen LogP contribution in [0.2, 0.25) is 0 Å². The molecule has 2 N–H and O–H groups in total. The molecule has 1 amide bonds. The summed E-state index contributed by atoms with van der Waals surface area (Å²) < 4.78 is 0. The van der Waals surface area contributed by atoms with E-state index in [2.05, 4.69) is 20.5 Å². The molecule has 0 aliphatic carbocycles. The molecule has 0 spiro atoms. The molecule has 0 fully saturated rings. The number of nitrogens with zero attached hydrogens (tertiary/aromatic N) is 2. The van der Waals surface area contributed by atoms with Gasteiger partial charge in [0.25, 0.3) is 5.91 Å². The number of aryl methyl sites for hydroxylation is 2. The highest BCUT2D eigenvalue weighted by Crippen LogP contribution is 2.05. The number of nitrogens with one attached hydrogen (secondary N) is 2. The number of carbonyl (C=O) groups excluding carboxylic acids is 1. The Kier molecular flexibility index (Phi) is 3.87. The van der Waals surface area contributed by atoms with Crippen LogP contribution < -0.4 is 5.32 Å². The third-order valence-electron chi connectivity index (χ3n) is 2.51. The molecule has 2 aromatic heterocycles. The number of aromatic nitrogens is 3. The van der Waals surface area contributed by atoms with Crippen LogP contribution in [0.15, 0.2) is 17.1 Å². The largest absolute Gasteiger partial charge is 0.351 e. The Bertz CT molecular complexity index is 477. The Balaban J connectivity index is 1.70. The van der Waals surface area contributed by atoms with Crippen molar-refractivity contribution in [2.24, 2.45) is 0 Å². The van der Waals surface area contributed by atoms with Gasteiger partial charge in [-0.1, -0.05) is 0 Å². The van der Waals surface area contributed by atoms with E-state index < -0.39 is 0 Å². The van der Waals surface area contributed by atoms with E-state index in [1.54, 1.807) is 10.9 Å². The zero-order valence-electron chi connectivity index (χ0n) is 9.56. The van der Waals surface area contributed by atoms with Crippen LogP contribution in [0.3, 0.4) is 0 Å². The van der Waals surface area contributed by atoms with Crippen LogP contribution in [-0.4, -0.2) is 27.6 Å². The molecule has 0 atom stereocenters. The number of thiazole rings is 1. The van der Waals surface area contributed by atoms with E-state index in [1.165, 1.54) is 16.9 Å². The molecule has 0 aromatic carbocycles. The summed E-state index contributed by atoms with van der Waals surface area (Å²) in [5.74, 6) is -0.102. The minimum atomic E-state index is -0.102.